The third-order valence-electron chi connectivity index (χ3n) is 6.72. The number of aromatic nitrogens is 2. The van der Waals surface area contributed by atoms with Gasteiger partial charge < -0.3 is 4.74 Å². The third kappa shape index (κ3) is 4.91. The molecule has 0 bridgehead atoms. The van der Waals surface area contributed by atoms with Gasteiger partial charge in [-0.1, -0.05) is 35.6 Å². The number of nitrogens with zero attached hydrogens (tertiary/aromatic N) is 4. The molecule has 6 rings (SSSR count). The molecule has 202 valence electrons. The summed E-state index contributed by atoms with van der Waals surface area (Å²) in [5, 5.41) is 0.518. The monoisotopic (exact) mass is 570 g/mol. The van der Waals surface area contributed by atoms with Crippen LogP contribution in [-0.4, -0.2) is 37.4 Å². The quantitative estimate of drug-likeness (QED) is 0.238. The molecule has 0 radical (unpaired) electrons. The maximum Gasteiger partial charge on any atom is 0.264 e. The molecule has 5 aromatic rings. The summed E-state index contributed by atoms with van der Waals surface area (Å²) in [5.74, 6) is 0.440. The van der Waals surface area contributed by atoms with Gasteiger partial charge in [0.15, 0.2) is 5.13 Å². The molecule has 3 aromatic carbocycles. The van der Waals surface area contributed by atoms with Gasteiger partial charge in [0.1, 0.15) is 5.75 Å². The van der Waals surface area contributed by atoms with Gasteiger partial charge in [-0.15, -0.1) is 0 Å². The molecular formula is C30H26N4O4S2. The summed E-state index contributed by atoms with van der Waals surface area (Å²) < 4.78 is 34.9. The van der Waals surface area contributed by atoms with Gasteiger partial charge >= 0.3 is 0 Å². The highest BCUT2D eigenvalue weighted by molar-refractivity contribution is 7.92. The molecule has 0 aliphatic carbocycles. The highest BCUT2D eigenvalue weighted by Crippen LogP contribution is 2.34. The van der Waals surface area contributed by atoms with E-state index in [2.05, 4.69) is 4.98 Å². The normalized spacial score (nSPS) is 12.9. The van der Waals surface area contributed by atoms with E-state index in [1.165, 1.54) is 27.8 Å². The molecule has 0 unspecified atom stereocenters. The molecular weight excluding hydrogens is 544 g/mol. The second-order valence-corrected chi connectivity index (χ2v) is 12.1. The van der Waals surface area contributed by atoms with Gasteiger partial charge in [0.25, 0.3) is 15.9 Å². The maximum atomic E-state index is 13.9. The number of sulfonamides is 1. The van der Waals surface area contributed by atoms with E-state index < -0.39 is 10.0 Å². The van der Waals surface area contributed by atoms with Gasteiger partial charge in [0.05, 0.1) is 39.6 Å². The zero-order chi connectivity index (χ0) is 27.7. The van der Waals surface area contributed by atoms with Crippen molar-refractivity contribution in [1.82, 2.24) is 9.97 Å². The Morgan fingerprint density at radius 2 is 1.82 bits per heavy atom. The van der Waals surface area contributed by atoms with Crippen molar-refractivity contribution < 1.29 is 17.9 Å². The zero-order valence-corrected chi connectivity index (χ0v) is 23.4. The summed E-state index contributed by atoms with van der Waals surface area (Å²) in [6.45, 7) is 3.08. The second kappa shape index (κ2) is 10.7. The highest BCUT2D eigenvalue weighted by Gasteiger charge is 2.31. The molecule has 0 saturated heterocycles. The molecule has 8 nitrogen and oxygen atoms in total. The van der Waals surface area contributed by atoms with E-state index in [1.807, 2.05) is 67.6 Å². The lowest BCUT2D eigenvalue weighted by Gasteiger charge is -2.21. The molecule has 1 amide bonds. The minimum absolute atomic E-state index is 0.139. The van der Waals surface area contributed by atoms with Crippen LogP contribution in [0.4, 0.5) is 10.8 Å². The average Bonchev–Trinajstić information content (AvgIpc) is 3.61. The van der Waals surface area contributed by atoms with Crippen molar-refractivity contribution in [2.24, 2.45) is 0 Å². The summed E-state index contributed by atoms with van der Waals surface area (Å²) in [7, 11) is -3.77. The first-order valence-corrected chi connectivity index (χ1v) is 15.2. The lowest BCUT2D eigenvalue weighted by molar-refractivity contribution is 0.0984. The SMILES string of the molecule is CCOc1ccc2nc(N(Cc3ccccn3)C(=O)c3ccc(S(=O)(=O)N4CCc5ccccc54)cc3)sc2c1. The number of thiazole rings is 1. The van der Waals surface area contributed by atoms with Crippen molar-refractivity contribution in [2.75, 3.05) is 22.4 Å². The number of rotatable bonds is 8. The Morgan fingerprint density at radius 1 is 1.02 bits per heavy atom. The predicted octanol–water partition coefficient (Wildman–Crippen LogP) is 5.69. The van der Waals surface area contributed by atoms with Crippen molar-refractivity contribution in [1.29, 1.82) is 0 Å². The van der Waals surface area contributed by atoms with Crippen LogP contribution in [0.3, 0.4) is 0 Å². The zero-order valence-electron chi connectivity index (χ0n) is 21.7. The molecule has 0 atom stereocenters. The molecule has 1 aliphatic heterocycles. The second-order valence-electron chi connectivity index (χ2n) is 9.25. The smallest absolute Gasteiger partial charge is 0.264 e. The summed E-state index contributed by atoms with van der Waals surface area (Å²) >= 11 is 1.39. The predicted molar refractivity (Wildman–Crippen MR) is 157 cm³/mol. The number of amides is 1. The van der Waals surface area contributed by atoms with Crippen molar-refractivity contribution in [3.8, 4) is 5.75 Å². The van der Waals surface area contributed by atoms with Crippen LogP contribution in [0.25, 0.3) is 10.2 Å². The summed E-state index contributed by atoms with van der Waals surface area (Å²) in [6, 6.07) is 24.8. The lowest BCUT2D eigenvalue weighted by atomic mass is 10.2. The van der Waals surface area contributed by atoms with Gasteiger partial charge in [-0.25, -0.2) is 13.4 Å². The topological polar surface area (TPSA) is 92.7 Å². The maximum absolute atomic E-state index is 13.9. The number of pyridine rings is 1. The number of hydrogen-bond donors (Lipinski definition) is 0. The fourth-order valence-electron chi connectivity index (χ4n) is 4.75. The van der Waals surface area contributed by atoms with E-state index in [9.17, 15) is 13.2 Å². The Balaban J connectivity index is 1.32. The van der Waals surface area contributed by atoms with Gasteiger partial charge in [0, 0.05) is 18.3 Å². The number of para-hydroxylation sites is 1. The Hall–Kier alpha value is -4.28. The number of carbonyl (C=O) groups is 1. The van der Waals surface area contributed by atoms with E-state index >= 15 is 0 Å². The van der Waals surface area contributed by atoms with Gasteiger partial charge in [-0.3, -0.25) is 19.0 Å². The molecule has 0 saturated carbocycles. The Labute approximate surface area is 236 Å². The summed E-state index contributed by atoms with van der Waals surface area (Å²) in [4.78, 5) is 24.7. The minimum atomic E-state index is -3.77. The lowest BCUT2D eigenvalue weighted by Crippen LogP contribution is -2.31. The number of ether oxygens (including phenoxy) is 1. The van der Waals surface area contributed by atoms with Crippen LogP contribution in [-0.2, 0) is 23.0 Å². The van der Waals surface area contributed by atoms with Crippen LogP contribution in [0.2, 0.25) is 0 Å². The standard InChI is InChI=1S/C30H26N4O4S2/c1-2-38-24-12-15-26-28(19-24)39-30(32-26)33(20-23-8-5-6-17-31-23)29(35)22-10-13-25(14-11-22)40(36,37)34-18-16-21-7-3-4-9-27(21)34/h3-15,17,19H,2,16,18,20H2,1H3. The summed E-state index contributed by atoms with van der Waals surface area (Å²) in [5.41, 5.74) is 3.53. The first kappa shape index (κ1) is 26.0. The largest absolute Gasteiger partial charge is 0.494 e. The fourth-order valence-corrected chi connectivity index (χ4v) is 7.25. The van der Waals surface area contributed by atoms with Crippen LogP contribution < -0.4 is 13.9 Å². The number of fused-ring (bicyclic) bond motifs is 2. The first-order chi connectivity index (χ1) is 19.4. The Bertz CT molecular complexity index is 1790. The Kier molecular flexibility index (Phi) is 6.95. The molecule has 0 spiro atoms. The van der Waals surface area contributed by atoms with Gasteiger partial charge in [0.2, 0.25) is 0 Å². The van der Waals surface area contributed by atoms with Crippen LogP contribution in [0.15, 0.2) is 96.0 Å². The van der Waals surface area contributed by atoms with Crippen molar-refractivity contribution >= 4 is 48.3 Å². The van der Waals surface area contributed by atoms with Crippen molar-refractivity contribution in [3.63, 3.8) is 0 Å². The Morgan fingerprint density at radius 3 is 2.60 bits per heavy atom. The number of hydrogen-bond acceptors (Lipinski definition) is 7. The van der Waals surface area contributed by atoms with E-state index in [-0.39, 0.29) is 17.3 Å². The number of anilines is 2. The highest BCUT2D eigenvalue weighted by atomic mass is 32.2. The first-order valence-electron chi connectivity index (χ1n) is 12.9. The molecule has 2 aromatic heterocycles. The molecule has 10 heteroatoms. The molecule has 3 heterocycles. The van der Waals surface area contributed by atoms with Crippen molar-refractivity contribution in [2.45, 2.75) is 24.8 Å². The van der Waals surface area contributed by atoms with E-state index in [0.717, 1.165) is 21.5 Å². The van der Waals surface area contributed by atoms with Crippen LogP contribution in [0.1, 0.15) is 28.5 Å². The van der Waals surface area contributed by atoms with E-state index in [1.54, 1.807) is 23.2 Å². The van der Waals surface area contributed by atoms with Gasteiger partial charge in [-0.05, 0) is 79.6 Å². The number of benzene rings is 3. The van der Waals surface area contributed by atoms with Crippen molar-refractivity contribution in [3.05, 3.63) is 108 Å². The van der Waals surface area contributed by atoms with Crippen LogP contribution in [0, 0.1) is 0 Å². The third-order valence-corrected chi connectivity index (χ3v) is 9.58. The molecule has 0 N–H and O–H groups in total. The van der Waals surface area contributed by atoms with Crippen LogP contribution in [0.5, 0.6) is 5.75 Å². The van der Waals surface area contributed by atoms with E-state index in [0.29, 0.717) is 41.6 Å². The molecule has 1 aliphatic rings. The fraction of sp³-hybridized carbons (Fsp3) is 0.167. The van der Waals surface area contributed by atoms with Crippen LogP contribution >= 0.6 is 11.3 Å². The van der Waals surface area contributed by atoms with E-state index in [4.69, 9.17) is 9.72 Å². The molecule has 40 heavy (non-hydrogen) atoms. The average molecular weight is 571 g/mol. The number of carbonyl (C=O) groups excluding carboxylic acids is 1. The minimum Gasteiger partial charge on any atom is -0.494 e. The molecule has 0 fully saturated rings. The van der Waals surface area contributed by atoms with Gasteiger partial charge in [-0.2, -0.15) is 0 Å². The summed E-state index contributed by atoms with van der Waals surface area (Å²) in [6.07, 6.45) is 2.35.